The van der Waals surface area contributed by atoms with Crippen molar-refractivity contribution >= 4 is 5.97 Å². The minimum absolute atomic E-state index is 0.0804. The molecule has 0 bridgehead atoms. The standard InChI is InChI=1S/C11H20O8/c1-2-3-18-11(10(16)17)4-6(13)8(15)9(19-11)7(14)5-12/h6-9,12-15H,2-5H2,1H3,(H,16,17)/t6-,7-,8-,9?,11-/m1/s1. The lowest BCUT2D eigenvalue weighted by Gasteiger charge is -2.43. The summed E-state index contributed by atoms with van der Waals surface area (Å²) in [7, 11) is 0. The molecule has 1 saturated heterocycles. The summed E-state index contributed by atoms with van der Waals surface area (Å²) in [6.45, 7) is 1.11. The molecule has 1 rings (SSSR count). The van der Waals surface area contributed by atoms with Crippen molar-refractivity contribution in [2.24, 2.45) is 0 Å². The number of hydrogen-bond donors (Lipinski definition) is 5. The zero-order valence-electron chi connectivity index (χ0n) is 10.6. The van der Waals surface area contributed by atoms with Crippen LogP contribution in [0.2, 0.25) is 0 Å². The molecule has 0 saturated carbocycles. The predicted octanol–water partition coefficient (Wildman–Crippen LogP) is -1.94. The average molecular weight is 280 g/mol. The molecule has 0 spiro atoms. The lowest BCUT2D eigenvalue weighted by molar-refractivity contribution is -0.323. The number of carboxylic acids is 1. The van der Waals surface area contributed by atoms with E-state index in [2.05, 4.69) is 0 Å². The summed E-state index contributed by atoms with van der Waals surface area (Å²) in [5.41, 5.74) is 0. The molecule has 8 heteroatoms. The van der Waals surface area contributed by atoms with Gasteiger partial charge in [-0.2, -0.15) is 0 Å². The van der Waals surface area contributed by atoms with Crippen molar-refractivity contribution in [1.29, 1.82) is 0 Å². The topological polar surface area (TPSA) is 137 Å². The second-order valence-electron chi connectivity index (χ2n) is 4.50. The molecule has 1 aliphatic heterocycles. The van der Waals surface area contributed by atoms with E-state index in [0.717, 1.165) is 0 Å². The van der Waals surface area contributed by atoms with E-state index in [1.165, 1.54) is 0 Å². The minimum Gasteiger partial charge on any atom is -0.477 e. The summed E-state index contributed by atoms with van der Waals surface area (Å²) in [4.78, 5) is 11.3. The van der Waals surface area contributed by atoms with E-state index in [-0.39, 0.29) is 6.61 Å². The van der Waals surface area contributed by atoms with Crippen molar-refractivity contribution in [3.8, 4) is 0 Å². The number of carbonyl (C=O) groups is 1. The third-order valence-corrected chi connectivity index (χ3v) is 2.97. The SMILES string of the molecule is CCCO[C@]1(C(=O)O)C[C@@H](O)[C@@H](O)C([C@H](O)CO)O1. The highest BCUT2D eigenvalue weighted by molar-refractivity contribution is 5.76. The van der Waals surface area contributed by atoms with Gasteiger partial charge in [-0.25, -0.2) is 4.79 Å². The van der Waals surface area contributed by atoms with Gasteiger partial charge in [-0.3, -0.25) is 0 Å². The van der Waals surface area contributed by atoms with Crippen LogP contribution in [-0.2, 0) is 14.3 Å². The van der Waals surface area contributed by atoms with Gasteiger partial charge in [0, 0.05) is 6.42 Å². The molecule has 0 amide bonds. The van der Waals surface area contributed by atoms with Gasteiger partial charge < -0.3 is 35.0 Å². The number of hydrogen-bond acceptors (Lipinski definition) is 7. The molecule has 0 aromatic rings. The van der Waals surface area contributed by atoms with E-state index in [0.29, 0.717) is 6.42 Å². The van der Waals surface area contributed by atoms with E-state index < -0.39 is 49.2 Å². The van der Waals surface area contributed by atoms with Gasteiger partial charge in [0.15, 0.2) is 0 Å². The second kappa shape index (κ2) is 6.60. The zero-order chi connectivity index (χ0) is 14.6. The molecule has 5 N–H and O–H groups in total. The van der Waals surface area contributed by atoms with Crippen LogP contribution in [0.5, 0.6) is 0 Å². The first-order chi connectivity index (χ1) is 8.88. The first kappa shape index (κ1) is 16.3. The molecular formula is C11H20O8. The second-order valence-corrected chi connectivity index (χ2v) is 4.50. The van der Waals surface area contributed by atoms with Crippen LogP contribution in [0.3, 0.4) is 0 Å². The number of aliphatic hydroxyl groups is 4. The fourth-order valence-electron chi connectivity index (χ4n) is 1.92. The number of aliphatic carboxylic acids is 1. The number of rotatable bonds is 6. The maximum Gasteiger partial charge on any atom is 0.364 e. The third-order valence-electron chi connectivity index (χ3n) is 2.97. The van der Waals surface area contributed by atoms with Crippen molar-refractivity contribution < 1.29 is 39.8 Å². The molecular weight excluding hydrogens is 260 g/mol. The van der Waals surface area contributed by atoms with Crippen molar-refractivity contribution in [2.75, 3.05) is 13.2 Å². The Kier molecular flexibility index (Phi) is 5.65. The summed E-state index contributed by atoms with van der Waals surface area (Å²) >= 11 is 0. The minimum atomic E-state index is -2.13. The monoisotopic (exact) mass is 280 g/mol. The van der Waals surface area contributed by atoms with E-state index in [1.807, 2.05) is 0 Å². The molecule has 0 radical (unpaired) electrons. The molecule has 5 atom stereocenters. The largest absolute Gasteiger partial charge is 0.477 e. The van der Waals surface area contributed by atoms with Gasteiger partial charge in [0.05, 0.1) is 19.3 Å². The molecule has 0 aromatic carbocycles. The highest BCUT2D eigenvalue weighted by atomic mass is 16.7. The van der Waals surface area contributed by atoms with Gasteiger partial charge in [-0.1, -0.05) is 6.92 Å². The lowest BCUT2D eigenvalue weighted by atomic mass is 9.92. The van der Waals surface area contributed by atoms with Crippen LogP contribution < -0.4 is 0 Å². The third kappa shape index (κ3) is 3.41. The van der Waals surface area contributed by atoms with E-state index in [4.69, 9.17) is 14.6 Å². The van der Waals surface area contributed by atoms with Gasteiger partial charge in [-0.15, -0.1) is 0 Å². The van der Waals surface area contributed by atoms with E-state index in [9.17, 15) is 25.2 Å². The average Bonchev–Trinajstić information content (AvgIpc) is 2.38. The lowest BCUT2D eigenvalue weighted by Crippen LogP contribution is -2.62. The van der Waals surface area contributed by atoms with Gasteiger partial charge in [0.2, 0.25) is 0 Å². The van der Waals surface area contributed by atoms with E-state index >= 15 is 0 Å². The Morgan fingerprint density at radius 3 is 2.63 bits per heavy atom. The smallest absolute Gasteiger partial charge is 0.364 e. The number of ether oxygens (including phenoxy) is 2. The van der Waals surface area contributed by atoms with Crippen LogP contribution in [0.1, 0.15) is 19.8 Å². The molecule has 8 nitrogen and oxygen atoms in total. The van der Waals surface area contributed by atoms with Gasteiger partial charge in [-0.05, 0) is 6.42 Å². The first-order valence-corrected chi connectivity index (χ1v) is 6.08. The van der Waals surface area contributed by atoms with Crippen LogP contribution >= 0.6 is 0 Å². The quantitative estimate of drug-likeness (QED) is 0.379. The molecule has 19 heavy (non-hydrogen) atoms. The van der Waals surface area contributed by atoms with Crippen LogP contribution in [-0.4, -0.2) is 74.9 Å². The fraction of sp³-hybridized carbons (Fsp3) is 0.909. The van der Waals surface area contributed by atoms with Crippen molar-refractivity contribution in [1.82, 2.24) is 0 Å². The zero-order valence-corrected chi connectivity index (χ0v) is 10.6. The predicted molar refractivity (Wildman–Crippen MR) is 61.2 cm³/mol. The van der Waals surface area contributed by atoms with Gasteiger partial charge >= 0.3 is 5.97 Å². The molecule has 0 aromatic heterocycles. The Morgan fingerprint density at radius 1 is 1.53 bits per heavy atom. The maximum absolute atomic E-state index is 11.3. The van der Waals surface area contributed by atoms with Crippen LogP contribution in [0.25, 0.3) is 0 Å². The Morgan fingerprint density at radius 2 is 2.16 bits per heavy atom. The molecule has 0 aliphatic carbocycles. The summed E-state index contributed by atoms with van der Waals surface area (Å²) in [5, 5.41) is 47.0. The Bertz CT molecular complexity index is 309. The fourth-order valence-corrected chi connectivity index (χ4v) is 1.92. The normalized spacial score (nSPS) is 37.0. The molecule has 1 unspecified atom stereocenters. The summed E-state index contributed by atoms with van der Waals surface area (Å²) in [6, 6.07) is 0. The number of carboxylic acid groups (broad SMARTS) is 1. The summed E-state index contributed by atoms with van der Waals surface area (Å²) < 4.78 is 10.3. The van der Waals surface area contributed by atoms with Crippen LogP contribution in [0.4, 0.5) is 0 Å². The first-order valence-electron chi connectivity index (χ1n) is 6.08. The van der Waals surface area contributed by atoms with Crippen LogP contribution in [0, 0.1) is 0 Å². The van der Waals surface area contributed by atoms with Crippen molar-refractivity contribution in [3.05, 3.63) is 0 Å². The van der Waals surface area contributed by atoms with Crippen LogP contribution in [0.15, 0.2) is 0 Å². The summed E-state index contributed by atoms with van der Waals surface area (Å²) in [6.07, 6.45) is -5.83. The summed E-state index contributed by atoms with van der Waals surface area (Å²) in [5.74, 6) is -3.59. The molecule has 1 aliphatic rings. The highest BCUT2D eigenvalue weighted by Crippen LogP contribution is 2.32. The van der Waals surface area contributed by atoms with Gasteiger partial charge in [0.1, 0.15) is 18.3 Å². The Hall–Kier alpha value is -0.770. The molecule has 1 fully saturated rings. The highest BCUT2D eigenvalue weighted by Gasteiger charge is 2.54. The number of aliphatic hydroxyl groups excluding tert-OH is 4. The van der Waals surface area contributed by atoms with Gasteiger partial charge in [0.25, 0.3) is 5.79 Å². The van der Waals surface area contributed by atoms with Crippen molar-refractivity contribution in [2.45, 2.75) is 50.0 Å². The Labute approximate surface area is 110 Å². The molecule has 112 valence electrons. The van der Waals surface area contributed by atoms with E-state index in [1.54, 1.807) is 6.92 Å². The molecule has 1 heterocycles. The Balaban J connectivity index is 2.96. The maximum atomic E-state index is 11.3. The van der Waals surface area contributed by atoms with Crippen molar-refractivity contribution in [3.63, 3.8) is 0 Å².